The van der Waals surface area contributed by atoms with Crippen LogP contribution in [0.25, 0.3) is 10.9 Å². The van der Waals surface area contributed by atoms with E-state index in [1.807, 2.05) is 0 Å². The maximum Gasteiger partial charge on any atom is 0.405 e. The molecule has 0 spiro atoms. The summed E-state index contributed by atoms with van der Waals surface area (Å²) in [6.45, 7) is -1.36. The fourth-order valence-corrected chi connectivity index (χ4v) is 1.35. The Morgan fingerprint density at radius 2 is 2.17 bits per heavy atom. The minimum Gasteiger partial charge on any atom is -0.360 e. The monoisotopic (exact) mass is 279 g/mol. The first-order valence-electron chi connectivity index (χ1n) is 4.74. The number of carbonyl (C=O) groups excluding carboxylic acids is 1. The van der Waals surface area contributed by atoms with Crippen molar-refractivity contribution in [3.05, 3.63) is 30.2 Å². The molecule has 0 saturated carbocycles. The number of H-pyrrole nitrogens is 1. The number of pyridine rings is 1. The van der Waals surface area contributed by atoms with Crippen LogP contribution in [-0.4, -0.2) is 28.6 Å². The number of hydrogen-bond donors (Lipinski definition) is 2. The Morgan fingerprint density at radius 3 is 2.83 bits per heavy atom. The molecule has 2 heterocycles. The molecule has 4 nitrogen and oxygen atoms in total. The zero-order chi connectivity index (χ0) is 12.5. The fourth-order valence-electron chi connectivity index (χ4n) is 1.35. The molecule has 2 aromatic rings. The van der Waals surface area contributed by atoms with Crippen molar-refractivity contribution in [2.75, 3.05) is 6.54 Å². The van der Waals surface area contributed by atoms with Gasteiger partial charge in [0, 0.05) is 11.6 Å². The number of amides is 1. The normalized spacial score (nSPS) is 11.1. The second-order valence-electron chi connectivity index (χ2n) is 3.43. The van der Waals surface area contributed by atoms with Gasteiger partial charge in [-0.3, -0.25) is 4.79 Å². The van der Waals surface area contributed by atoms with Gasteiger partial charge in [-0.1, -0.05) is 0 Å². The third kappa shape index (κ3) is 3.36. The lowest BCUT2D eigenvalue weighted by Crippen LogP contribution is -2.34. The molecule has 98 valence electrons. The SMILES string of the molecule is Cl.O=C(NCC(F)(F)F)c1cc2cc[nH]c2cn1. The number of alkyl halides is 3. The number of aromatic nitrogens is 2. The van der Waals surface area contributed by atoms with Crippen LogP contribution in [0.5, 0.6) is 0 Å². The highest BCUT2D eigenvalue weighted by Crippen LogP contribution is 2.14. The second kappa shape index (κ2) is 5.26. The molecule has 8 heteroatoms. The van der Waals surface area contributed by atoms with Crippen molar-refractivity contribution in [2.24, 2.45) is 0 Å². The van der Waals surface area contributed by atoms with Crippen molar-refractivity contribution in [1.29, 1.82) is 0 Å². The van der Waals surface area contributed by atoms with Gasteiger partial charge >= 0.3 is 6.18 Å². The maximum absolute atomic E-state index is 11.9. The van der Waals surface area contributed by atoms with E-state index in [1.165, 1.54) is 12.3 Å². The van der Waals surface area contributed by atoms with Gasteiger partial charge < -0.3 is 10.3 Å². The smallest absolute Gasteiger partial charge is 0.360 e. The van der Waals surface area contributed by atoms with Gasteiger partial charge in [-0.25, -0.2) is 4.98 Å². The summed E-state index contributed by atoms with van der Waals surface area (Å²) in [5.41, 5.74) is 0.679. The first kappa shape index (κ1) is 14.3. The zero-order valence-electron chi connectivity index (χ0n) is 8.91. The highest BCUT2D eigenvalue weighted by Gasteiger charge is 2.28. The predicted octanol–water partition coefficient (Wildman–Crippen LogP) is 2.28. The van der Waals surface area contributed by atoms with Gasteiger partial charge in [0.2, 0.25) is 0 Å². The summed E-state index contributed by atoms with van der Waals surface area (Å²) in [7, 11) is 0. The Hall–Kier alpha value is -1.76. The molecule has 0 radical (unpaired) electrons. The summed E-state index contributed by atoms with van der Waals surface area (Å²) < 4.78 is 35.7. The van der Waals surface area contributed by atoms with Crippen LogP contribution < -0.4 is 5.32 Å². The Bertz CT molecular complexity index is 553. The van der Waals surface area contributed by atoms with E-state index in [1.54, 1.807) is 17.6 Å². The number of nitrogens with zero attached hydrogens (tertiary/aromatic N) is 1. The van der Waals surface area contributed by atoms with E-state index >= 15 is 0 Å². The first-order valence-corrected chi connectivity index (χ1v) is 4.74. The molecule has 0 saturated heterocycles. The molecule has 0 bridgehead atoms. The minimum absolute atomic E-state index is 0. The summed E-state index contributed by atoms with van der Waals surface area (Å²) in [5, 5.41) is 2.48. The number of rotatable bonds is 2. The quantitative estimate of drug-likeness (QED) is 0.886. The summed E-state index contributed by atoms with van der Waals surface area (Å²) in [5.74, 6) is -0.842. The molecule has 0 aromatic carbocycles. The van der Waals surface area contributed by atoms with Gasteiger partial charge in [0.25, 0.3) is 5.91 Å². The van der Waals surface area contributed by atoms with Crippen LogP contribution in [0, 0.1) is 0 Å². The summed E-state index contributed by atoms with van der Waals surface area (Å²) >= 11 is 0. The molecule has 0 aliphatic rings. The van der Waals surface area contributed by atoms with E-state index in [4.69, 9.17) is 0 Å². The lowest BCUT2D eigenvalue weighted by Gasteiger charge is -2.07. The number of hydrogen-bond acceptors (Lipinski definition) is 2. The molecule has 0 atom stereocenters. The van der Waals surface area contributed by atoms with E-state index in [2.05, 4.69) is 9.97 Å². The maximum atomic E-state index is 11.9. The van der Waals surface area contributed by atoms with Crippen molar-refractivity contribution >= 4 is 29.2 Å². The molecular weight excluding hydrogens is 271 g/mol. The Balaban J connectivity index is 0.00000162. The van der Waals surface area contributed by atoms with E-state index in [9.17, 15) is 18.0 Å². The molecular formula is C10H9ClF3N3O. The van der Waals surface area contributed by atoms with Gasteiger partial charge in [-0.2, -0.15) is 13.2 Å². The summed E-state index contributed by atoms with van der Waals surface area (Å²) in [4.78, 5) is 18.0. The lowest BCUT2D eigenvalue weighted by molar-refractivity contribution is -0.123. The van der Waals surface area contributed by atoms with E-state index in [0.29, 0.717) is 0 Å². The summed E-state index contributed by atoms with van der Waals surface area (Å²) in [6, 6.07) is 3.13. The Labute approximate surface area is 106 Å². The van der Waals surface area contributed by atoms with Gasteiger partial charge in [0.1, 0.15) is 12.2 Å². The van der Waals surface area contributed by atoms with Crippen molar-refractivity contribution in [1.82, 2.24) is 15.3 Å². The van der Waals surface area contributed by atoms with Gasteiger partial charge in [-0.05, 0) is 12.1 Å². The number of halogens is 4. The van der Waals surface area contributed by atoms with Crippen LogP contribution in [-0.2, 0) is 0 Å². The van der Waals surface area contributed by atoms with Gasteiger partial charge in [0.05, 0.1) is 11.7 Å². The molecule has 0 aliphatic heterocycles. The fraction of sp³-hybridized carbons (Fsp3) is 0.200. The third-order valence-corrected chi connectivity index (χ3v) is 2.12. The highest BCUT2D eigenvalue weighted by molar-refractivity contribution is 5.95. The lowest BCUT2D eigenvalue weighted by atomic mass is 10.2. The Kier molecular flexibility index (Phi) is 4.18. The molecule has 2 aromatic heterocycles. The average Bonchev–Trinajstić information content (AvgIpc) is 2.71. The zero-order valence-corrected chi connectivity index (χ0v) is 9.73. The molecule has 2 rings (SSSR count). The van der Waals surface area contributed by atoms with Crippen molar-refractivity contribution in [3.63, 3.8) is 0 Å². The van der Waals surface area contributed by atoms with Gasteiger partial charge in [-0.15, -0.1) is 12.4 Å². The number of aromatic amines is 1. The van der Waals surface area contributed by atoms with Crippen molar-refractivity contribution in [2.45, 2.75) is 6.18 Å². The van der Waals surface area contributed by atoms with Crippen LogP contribution in [0.2, 0.25) is 0 Å². The second-order valence-corrected chi connectivity index (χ2v) is 3.43. The topological polar surface area (TPSA) is 57.8 Å². The Morgan fingerprint density at radius 1 is 1.44 bits per heavy atom. The average molecular weight is 280 g/mol. The molecule has 0 fully saturated rings. The molecule has 18 heavy (non-hydrogen) atoms. The standard InChI is InChI=1S/C10H8F3N3O.ClH/c11-10(12,13)5-16-9(17)7-3-6-1-2-14-8(6)4-15-7;/h1-4,14H,5H2,(H,16,17);1H. The van der Waals surface area contributed by atoms with E-state index < -0.39 is 18.6 Å². The molecule has 2 N–H and O–H groups in total. The highest BCUT2D eigenvalue weighted by atomic mass is 35.5. The molecule has 0 aliphatic carbocycles. The van der Waals surface area contributed by atoms with Gasteiger partial charge in [0.15, 0.2) is 0 Å². The summed E-state index contributed by atoms with van der Waals surface area (Å²) in [6.07, 6.45) is -1.37. The van der Waals surface area contributed by atoms with E-state index in [0.717, 1.165) is 10.9 Å². The van der Waals surface area contributed by atoms with Crippen LogP contribution in [0.3, 0.4) is 0 Å². The number of nitrogens with one attached hydrogen (secondary N) is 2. The van der Waals surface area contributed by atoms with Crippen LogP contribution in [0.4, 0.5) is 13.2 Å². The van der Waals surface area contributed by atoms with Crippen LogP contribution in [0.15, 0.2) is 24.5 Å². The van der Waals surface area contributed by atoms with Crippen LogP contribution in [0.1, 0.15) is 10.5 Å². The van der Waals surface area contributed by atoms with Crippen LogP contribution >= 0.6 is 12.4 Å². The largest absolute Gasteiger partial charge is 0.405 e. The molecule has 0 unspecified atom stereocenters. The number of fused-ring (bicyclic) bond motifs is 1. The molecule has 1 amide bonds. The third-order valence-electron chi connectivity index (χ3n) is 2.12. The predicted molar refractivity (Wildman–Crippen MR) is 61.7 cm³/mol. The first-order chi connectivity index (χ1) is 7.96. The van der Waals surface area contributed by atoms with Crippen molar-refractivity contribution < 1.29 is 18.0 Å². The number of carbonyl (C=O) groups is 1. The van der Waals surface area contributed by atoms with E-state index in [-0.39, 0.29) is 18.1 Å². The minimum atomic E-state index is -4.42. The van der Waals surface area contributed by atoms with Crippen molar-refractivity contribution in [3.8, 4) is 0 Å².